The quantitative estimate of drug-likeness (QED) is 0.619. The zero-order valence-electron chi connectivity index (χ0n) is 11.0. The van der Waals surface area contributed by atoms with Gasteiger partial charge in [-0.25, -0.2) is 0 Å². The molecule has 0 aromatic rings. The first-order valence-electron chi connectivity index (χ1n) is 5.95. The van der Waals surface area contributed by atoms with E-state index in [0.717, 1.165) is 0 Å². The van der Waals surface area contributed by atoms with Gasteiger partial charge in [0.25, 0.3) is 0 Å². The Morgan fingerprint density at radius 2 is 1.27 bits per heavy atom. The van der Waals surface area contributed by atoms with E-state index in [4.69, 9.17) is 13.3 Å². The highest BCUT2D eigenvalue weighted by Crippen LogP contribution is 2.28. The molecule has 0 aliphatic carbocycles. The van der Waals surface area contributed by atoms with Gasteiger partial charge in [-0.1, -0.05) is 20.0 Å². The Hall–Kier alpha value is 0.314. The predicted molar refractivity (Wildman–Crippen MR) is 68.9 cm³/mol. The van der Waals surface area contributed by atoms with Crippen LogP contribution in [0.3, 0.4) is 0 Å². The summed E-state index contributed by atoms with van der Waals surface area (Å²) in [7, 11) is -3.20. The highest BCUT2D eigenvalue weighted by atomic mass is 28.4. The average molecular weight is 250 g/mol. The van der Waals surface area contributed by atoms with Crippen molar-refractivity contribution in [1.29, 1.82) is 0 Å². The monoisotopic (exact) mass is 250 g/mol. The zero-order valence-corrected chi connectivity index (χ0v) is 13.2. The largest absolute Gasteiger partial charge is 0.500 e. The van der Waals surface area contributed by atoms with E-state index in [1.54, 1.807) is 0 Å². The SMILES string of the molecule is CCO[Si](OCC)(OCC)C(C)[SiH](C)C. The van der Waals surface area contributed by atoms with E-state index in [0.29, 0.717) is 25.0 Å². The maximum atomic E-state index is 5.86. The molecule has 0 heterocycles. The average Bonchev–Trinajstić information content (AvgIpc) is 2.17. The van der Waals surface area contributed by atoms with E-state index in [1.165, 1.54) is 0 Å². The van der Waals surface area contributed by atoms with E-state index in [1.807, 2.05) is 20.8 Å². The van der Waals surface area contributed by atoms with Crippen molar-refractivity contribution in [1.82, 2.24) is 0 Å². The Kier molecular flexibility index (Phi) is 7.72. The van der Waals surface area contributed by atoms with Gasteiger partial charge in [-0.15, -0.1) is 0 Å². The molecule has 0 N–H and O–H groups in total. The fourth-order valence-electron chi connectivity index (χ4n) is 1.53. The standard InChI is InChI=1S/C10H26O3Si2/c1-7-11-15(12-8-2,13-9-3)10(4)14(5)6/h10,14H,7-9H2,1-6H3. The second-order valence-corrected chi connectivity index (χ2v) is 11.1. The van der Waals surface area contributed by atoms with Gasteiger partial charge in [-0.3, -0.25) is 0 Å². The fourth-order valence-corrected chi connectivity index (χ4v) is 7.91. The zero-order chi connectivity index (χ0) is 11.9. The van der Waals surface area contributed by atoms with Gasteiger partial charge in [-0.2, -0.15) is 0 Å². The van der Waals surface area contributed by atoms with Gasteiger partial charge in [0.05, 0.1) is 0 Å². The maximum Gasteiger partial charge on any atom is 0.500 e. The Balaban J connectivity index is 4.73. The molecule has 0 amide bonds. The first kappa shape index (κ1) is 15.3. The van der Waals surface area contributed by atoms with Crippen molar-refractivity contribution in [3.8, 4) is 0 Å². The van der Waals surface area contributed by atoms with Crippen molar-refractivity contribution < 1.29 is 13.3 Å². The summed E-state index contributed by atoms with van der Waals surface area (Å²) in [4.78, 5) is 0. The predicted octanol–water partition coefficient (Wildman–Crippen LogP) is 2.45. The highest BCUT2D eigenvalue weighted by molar-refractivity contribution is 6.80. The third-order valence-corrected chi connectivity index (χ3v) is 11.0. The van der Waals surface area contributed by atoms with Crippen molar-refractivity contribution in [2.75, 3.05) is 19.8 Å². The normalized spacial score (nSPS) is 14.6. The molecule has 0 bridgehead atoms. The van der Waals surface area contributed by atoms with Crippen LogP contribution in [0.5, 0.6) is 0 Å². The first-order chi connectivity index (χ1) is 7.04. The topological polar surface area (TPSA) is 27.7 Å². The molecule has 0 aliphatic rings. The van der Waals surface area contributed by atoms with E-state index in [-0.39, 0.29) is 0 Å². The molecule has 1 unspecified atom stereocenters. The van der Waals surface area contributed by atoms with Crippen molar-refractivity contribution in [2.24, 2.45) is 0 Å². The molecule has 15 heavy (non-hydrogen) atoms. The van der Waals surface area contributed by atoms with Gasteiger partial charge < -0.3 is 13.3 Å². The summed E-state index contributed by atoms with van der Waals surface area (Å²) in [5.74, 6) is 0. The summed E-state index contributed by atoms with van der Waals surface area (Å²) in [5, 5.41) is 0.484. The molecule has 1 atom stereocenters. The van der Waals surface area contributed by atoms with E-state index in [2.05, 4.69) is 20.0 Å². The van der Waals surface area contributed by atoms with Crippen LogP contribution in [0.2, 0.25) is 18.3 Å². The van der Waals surface area contributed by atoms with E-state index in [9.17, 15) is 0 Å². The molecule has 0 fully saturated rings. The van der Waals surface area contributed by atoms with Crippen LogP contribution < -0.4 is 0 Å². The second-order valence-electron chi connectivity index (χ2n) is 3.94. The third-order valence-electron chi connectivity index (χ3n) is 2.59. The lowest BCUT2D eigenvalue weighted by molar-refractivity contribution is 0.0689. The maximum absolute atomic E-state index is 5.86. The van der Waals surface area contributed by atoms with Gasteiger partial charge >= 0.3 is 8.80 Å². The molecule has 0 saturated heterocycles. The summed E-state index contributed by atoms with van der Waals surface area (Å²) in [6, 6.07) is 0. The van der Waals surface area contributed by atoms with Crippen molar-refractivity contribution in [3.63, 3.8) is 0 Å². The molecule has 0 radical (unpaired) electrons. The Bertz CT molecular complexity index is 148. The molecular formula is C10H26O3Si2. The summed E-state index contributed by atoms with van der Waals surface area (Å²) < 4.78 is 17.6. The lowest BCUT2D eigenvalue weighted by Crippen LogP contribution is -2.52. The van der Waals surface area contributed by atoms with E-state index >= 15 is 0 Å². The Labute approximate surface area is 97.1 Å². The van der Waals surface area contributed by atoms with Crippen LogP contribution in [0.4, 0.5) is 0 Å². The number of rotatable bonds is 8. The van der Waals surface area contributed by atoms with E-state index < -0.39 is 17.6 Å². The second kappa shape index (κ2) is 7.56. The van der Waals surface area contributed by atoms with Crippen molar-refractivity contribution in [3.05, 3.63) is 0 Å². The van der Waals surface area contributed by atoms with Crippen LogP contribution in [0.15, 0.2) is 0 Å². The lowest BCUT2D eigenvalue weighted by Gasteiger charge is -2.35. The van der Waals surface area contributed by atoms with Crippen molar-refractivity contribution in [2.45, 2.75) is 46.0 Å². The minimum absolute atomic E-state index is 0.484. The van der Waals surface area contributed by atoms with Crippen LogP contribution in [0.25, 0.3) is 0 Å². The number of hydrogen-bond acceptors (Lipinski definition) is 3. The fraction of sp³-hybridized carbons (Fsp3) is 1.00. The molecule has 0 aromatic carbocycles. The van der Waals surface area contributed by atoms with Crippen molar-refractivity contribution >= 4 is 17.6 Å². The van der Waals surface area contributed by atoms with Gasteiger partial charge in [0, 0.05) is 33.8 Å². The molecule has 0 spiro atoms. The molecular weight excluding hydrogens is 224 g/mol. The first-order valence-corrected chi connectivity index (χ1v) is 10.7. The summed E-state index contributed by atoms with van der Waals surface area (Å²) >= 11 is 0. The smallest absolute Gasteiger partial charge is 0.374 e. The van der Waals surface area contributed by atoms with Gasteiger partial charge in [0.1, 0.15) is 0 Å². The molecule has 3 nitrogen and oxygen atoms in total. The van der Waals surface area contributed by atoms with Gasteiger partial charge in [0.2, 0.25) is 0 Å². The minimum atomic E-state index is -2.40. The lowest BCUT2D eigenvalue weighted by atomic mass is 10.9. The van der Waals surface area contributed by atoms with Crippen LogP contribution in [0, 0.1) is 0 Å². The summed E-state index contributed by atoms with van der Waals surface area (Å²) in [6.07, 6.45) is 0. The summed E-state index contributed by atoms with van der Waals surface area (Å²) in [5.41, 5.74) is 0. The third kappa shape index (κ3) is 4.36. The summed E-state index contributed by atoms with van der Waals surface area (Å²) in [6.45, 7) is 14.9. The van der Waals surface area contributed by atoms with Crippen LogP contribution in [-0.4, -0.2) is 37.4 Å². The Morgan fingerprint density at radius 3 is 1.47 bits per heavy atom. The molecule has 5 heteroatoms. The molecule has 0 aliphatic heterocycles. The van der Waals surface area contributed by atoms with Gasteiger partial charge in [0.15, 0.2) is 0 Å². The molecule has 0 saturated carbocycles. The highest BCUT2D eigenvalue weighted by Gasteiger charge is 2.47. The molecule has 92 valence electrons. The number of hydrogen-bond donors (Lipinski definition) is 0. The van der Waals surface area contributed by atoms with Gasteiger partial charge in [-0.05, 0) is 20.8 Å². The van der Waals surface area contributed by atoms with Crippen LogP contribution in [0.1, 0.15) is 27.7 Å². The molecule has 0 aromatic heterocycles. The Morgan fingerprint density at radius 1 is 0.933 bits per heavy atom. The van der Waals surface area contributed by atoms with Crippen LogP contribution in [-0.2, 0) is 13.3 Å². The molecule has 0 rings (SSSR count). The minimum Gasteiger partial charge on any atom is -0.374 e. The van der Waals surface area contributed by atoms with Crippen LogP contribution >= 0.6 is 0 Å².